The summed E-state index contributed by atoms with van der Waals surface area (Å²) >= 11 is 0. The van der Waals surface area contributed by atoms with Crippen molar-refractivity contribution in [2.45, 2.75) is 32.6 Å². The van der Waals surface area contributed by atoms with Gasteiger partial charge < -0.3 is 14.8 Å². The zero-order chi connectivity index (χ0) is 20.1. The van der Waals surface area contributed by atoms with Crippen LogP contribution in [0.3, 0.4) is 0 Å². The van der Waals surface area contributed by atoms with Crippen LogP contribution in [0.15, 0.2) is 54.6 Å². The first-order chi connectivity index (χ1) is 12.9. The summed E-state index contributed by atoms with van der Waals surface area (Å²) in [4.78, 5) is 28.7. The monoisotopic (exact) mass is 372 g/mol. The van der Waals surface area contributed by atoms with Crippen LogP contribution in [-0.2, 0) is 9.63 Å². The fourth-order valence-corrected chi connectivity index (χ4v) is 2.09. The highest BCUT2D eigenvalue weighted by atomic mass is 16.7. The lowest BCUT2D eigenvalue weighted by Crippen LogP contribution is -2.12. The number of hydrogen-bond donors (Lipinski definition) is 2. The molecule has 146 valence electrons. The molecule has 0 aliphatic carbocycles. The molecule has 0 atom stereocenters. The van der Waals surface area contributed by atoms with E-state index in [-0.39, 0.29) is 0 Å². The molecule has 6 heteroatoms. The molecule has 0 fully saturated rings. The van der Waals surface area contributed by atoms with Gasteiger partial charge >= 0.3 is 11.9 Å². The number of carboxylic acid groups (broad SMARTS) is 1. The molecule has 0 aliphatic rings. The van der Waals surface area contributed by atoms with Crippen LogP contribution in [-0.4, -0.2) is 31.1 Å². The summed E-state index contributed by atoms with van der Waals surface area (Å²) in [5.41, 5.74) is 4.90. The number of carbonyl (C=O) groups is 2. The summed E-state index contributed by atoms with van der Waals surface area (Å²) < 4.78 is 0. The van der Waals surface area contributed by atoms with Crippen molar-refractivity contribution in [1.29, 1.82) is 0 Å². The predicted molar refractivity (Wildman–Crippen MR) is 108 cm³/mol. The van der Waals surface area contributed by atoms with Crippen molar-refractivity contribution in [2.75, 3.05) is 24.5 Å². The van der Waals surface area contributed by atoms with E-state index < -0.39 is 11.9 Å². The van der Waals surface area contributed by atoms with E-state index in [1.165, 1.54) is 0 Å². The molecule has 2 rings (SSSR count). The van der Waals surface area contributed by atoms with Crippen LogP contribution in [0.25, 0.3) is 0 Å². The van der Waals surface area contributed by atoms with Crippen molar-refractivity contribution < 1.29 is 19.5 Å². The van der Waals surface area contributed by atoms with Crippen molar-refractivity contribution in [3.63, 3.8) is 0 Å². The summed E-state index contributed by atoms with van der Waals surface area (Å²) in [7, 11) is 3.90. The molecule has 27 heavy (non-hydrogen) atoms. The predicted octanol–water partition coefficient (Wildman–Crippen LogP) is 4.59. The molecule has 0 saturated carbocycles. The smallest absolute Gasteiger partial charge is 0.362 e. The van der Waals surface area contributed by atoms with Gasteiger partial charge in [-0.1, -0.05) is 38.0 Å². The Morgan fingerprint density at radius 1 is 1.00 bits per heavy atom. The van der Waals surface area contributed by atoms with Crippen molar-refractivity contribution in [3.05, 3.63) is 60.2 Å². The van der Waals surface area contributed by atoms with Crippen LogP contribution in [0.5, 0.6) is 0 Å². The van der Waals surface area contributed by atoms with E-state index in [4.69, 9.17) is 9.94 Å². The van der Waals surface area contributed by atoms with Gasteiger partial charge in [0, 0.05) is 26.2 Å². The van der Waals surface area contributed by atoms with Crippen molar-refractivity contribution in [3.8, 4) is 0 Å². The van der Waals surface area contributed by atoms with Gasteiger partial charge in [0.05, 0.1) is 11.3 Å². The van der Waals surface area contributed by atoms with E-state index in [0.29, 0.717) is 12.0 Å². The van der Waals surface area contributed by atoms with Gasteiger partial charge in [-0.2, -0.15) is 0 Å². The van der Waals surface area contributed by atoms with E-state index >= 15 is 0 Å². The Labute approximate surface area is 160 Å². The molecule has 0 spiro atoms. The van der Waals surface area contributed by atoms with Crippen LogP contribution in [0.1, 0.15) is 43.0 Å². The lowest BCUT2D eigenvalue weighted by Gasteiger charge is -2.12. The highest BCUT2D eigenvalue weighted by Crippen LogP contribution is 2.13. The molecule has 6 nitrogen and oxygen atoms in total. The number of benzene rings is 2. The number of carbonyl (C=O) groups excluding carboxylic acids is 1. The van der Waals surface area contributed by atoms with Gasteiger partial charge in [-0.3, -0.25) is 4.79 Å². The summed E-state index contributed by atoms with van der Waals surface area (Å²) in [5, 5.41) is 8.14. The van der Waals surface area contributed by atoms with E-state index in [9.17, 15) is 9.59 Å². The highest BCUT2D eigenvalue weighted by molar-refractivity contribution is 5.90. The third-order valence-electron chi connectivity index (χ3n) is 3.65. The molecule has 0 saturated heterocycles. The maximum atomic E-state index is 11.8. The molecular weight excluding hydrogens is 344 g/mol. The Hall–Kier alpha value is -3.02. The van der Waals surface area contributed by atoms with Crippen LogP contribution in [0, 0.1) is 0 Å². The summed E-state index contributed by atoms with van der Waals surface area (Å²) in [6.07, 6.45) is 3.28. The topological polar surface area (TPSA) is 78.9 Å². The number of para-hydroxylation sites is 1. The lowest BCUT2D eigenvalue weighted by atomic mass is 10.2. The molecule has 2 N–H and O–H groups in total. The van der Waals surface area contributed by atoms with Crippen LogP contribution < -0.4 is 10.4 Å². The zero-order valence-electron chi connectivity index (χ0n) is 16.1. The number of hydrogen-bond acceptors (Lipinski definition) is 5. The van der Waals surface area contributed by atoms with Crippen molar-refractivity contribution in [2.24, 2.45) is 0 Å². The molecular formula is C21H28N2O4. The van der Waals surface area contributed by atoms with E-state index in [1.54, 1.807) is 12.1 Å². The van der Waals surface area contributed by atoms with Gasteiger partial charge in [0.25, 0.3) is 0 Å². The number of nitrogens with zero attached hydrogens (tertiary/aromatic N) is 1. The molecule has 0 heterocycles. The number of aliphatic carboxylic acids is 1. The third-order valence-corrected chi connectivity index (χ3v) is 3.65. The average molecular weight is 372 g/mol. The molecule has 2 aromatic rings. The van der Waals surface area contributed by atoms with Gasteiger partial charge in [-0.05, 0) is 42.8 Å². The van der Waals surface area contributed by atoms with Crippen LogP contribution >= 0.6 is 0 Å². The Balaban J connectivity index is 0.000000387. The number of carboxylic acids is 1. The average Bonchev–Trinajstić information content (AvgIpc) is 2.67. The number of nitrogens with one attached hydrogen (secondary N) is 1. The third kappa shape index (κ3) is 9.30. The second-order valence-corrected chi connectivity index (χ2v) is 6.15. The summed E-state index contributed by atoms with van der Waals surface area (Å²) in [6.45, 7) is 2.06. The first-order valence-electron chi connectivity index (χ1n) is 8.95. The molecule has 0 bridgehead atoms. The largest absolute Gasteiger partial charge is 0.481 e. The Morgan fingerprint density at radius 2 is 1.63 bits per heavy atom. The first-order valence-corrected chi connectivity index (χ1v) is 8.95. The number of rotatable bonds is 8. The van der Waals surface area contributed by atoms with Crippen LogP contribution in [0.4, 0.5) is 11.4 Å². The fourth-order valence-electron chi connectivity index (χ4n) is 2.09. The quantitative estimate of drug-likeness (QED) is 0.521. The van der Waals surface area contributed by atoms with E-state index in [2.05, 4.69) is 12.4 Å². The zero-order valence-corrected chi connectivity index (χ0v) is 16.1. The molecule has 0 aliphatic heterocycles. The van der Waals surface area contributed by atoms with Gasteiger partial charge in [-0.25, -0.2) is 10.3 Å². The Kier molecular flexibility index (Phi) is 10.1. The lowest BCUT2D eigenvalue weighted by molar-refractivity contribution is -0.137. The first kappa shape index (κ1) is 22.0. The van der Waals surface area contributed by atoms with Crippen molar-refractivity contribution >= 4 is 23.3 Å². The Morgan fingerprint density at radius 3 is 2.15 bits per heavy atom. The van der Waals surface area contributed by atoms with E-state index in [0.717, 1.165) is 30.6 Å². The number of unbranched alkanes of at least 4 members (excludes halogenated alkanes) is 2. The maximum absolute atomic E-state index is 11.8. The molecule has 0 unspecified atom stereocenters. The second kappa shape index (κ2) is 12.4. The molecule has 2 aromatic carbocycles. The highest BCUT2D eigenvalue weighted by Gasteiger charge is 2.07. The van der Waals surface area contributed by atoms with E-state index in [1.807, 2.05) is 61.5 Å². The van der Waals surface area contributed by atoms with Gasteiger partial charge in [0.2, 0.25) is 0 Å². The molecule has 0 aromatic heterocycles. The van der Waals surface area contributed by atoms with Gasteiger partial charge in [-0.15, -0.1) is 0 Å². The molecule has 0 amide bonds. The minimum atomic E-state index is -0.682. The second-order valence-electron chi connectivity index (χ2n) is 6.15. The fraction of sp³-hybridized carbons (Fsp3) is 0.333. The van der Waals surface area contributed by atoms with Gasteiger partial charge in [0.1, 0.15) is 0 Å². The SMILES string of the molecule is CCCCCC(=O)O.CN(C)c1ccc(C(=O)ONc2ccccc2)cc1. The summed E-state index contributed by atoms with van der Waals surface area (Å²) in [6, 6.07) is 16.5. The minimum absolute atomic E-state index is 0.327. The normalized spacial score (nSPS) is 9.59. The van der Waals surface area contributed by atoms with Gasteiger partial charge in [0.15, 0.2) is 0 Å². The maximum Gasteiger partial charge on any atom is 0.362 e. The summed E-state index contributed by atoms with van der Waals surface area (Å²) in [5.74, 6) is -1.09. The minimum Gasteiger partial charge on any atom is -0.481 e. The molecule has 0 radical (unpaired) electrons. The number of anilines is 2. The van der Waals surface area contributed by atoms with Crippen molar-refractivity contribution in [1.82, 2.24) is 0 Å². The Bertz CT molecular complexity index is 685. The standard InChI is InChI=1S/C15H16N2O2.C6H12O2/c1-17(2)14-10-8-12(9-11-14)15(18)19-16-13-6-4-3-5-7-13;1-2-3-4-5-6(7)8/h3-11,16H,1-2H3;2-5H2,1H3,(H,7,8). The van der Waals surface area contributed by atoms with Crippen LogP contribution in [0.2, 0.25) is 0 Å².